The van der Waals surface area contributed by atoms with Gasteiger partial charge in [0, 0.05) is 19.8 Å². The zero-order chi connectivity index (χ0) is 19.2. The van der Waals surface area contributed by atoms with E-state index in [0.717, 1.165) is 38.5 Å². The summed E-state index contributed by atoms with van der Waals surface area (Å²) in [6, 6.07) is 0. The summed E-state index contributed by atoms with van der Waals surface area (Å²) in [6.45, 7) is 6.91. The van der Waals surface area contributed by atoms with Crippen LogP contribution in [0.15, 0.2) is 0 Å². The van der Waals surface area contributed by atoms with Gasteiger partial charge < -0.3 is 42.9 Å². The van der Waals surface area contributed by atoms with E-state index in [2.05, 4.69) is 13.6 Å². The Balaban J connectivity index is -0.0000000817. The van der Waals surface area contributed by atoms with Crippen molar-refractivity contribution < 1.29 is 42.9 Å². The summed E-state index contributed by atoms with van der Waals surface area (Å²) in [6.07, 6.45) is 5.31. The van der Waals surface area contributed by atoms with Crippen LogP contribution in [0.2, 0.25) is 0 Å². The topological polar surface area (TPSA) is 166 Å². The molecule has 150 valence electrons. The molecule has 0 aromatic carbocycles. The van der Waals surface area contributed by atoms with Crippen molar-refractivity contribution in [2.75, 3.05) is 19.8 Å². The SMILES string of the molecule is CCCCOP([O-])[O-].CCCCOP([O-])[O-].CCCCOP([O-])[O-].[Al+3].[Al+3]. The molecule has 0 aliphatic heterocycles. The molecule has 0 heterocycles. The van der Waals surface area contributed by atoms with Crippen LogP contribution in [0.4, 0.5) is 0 Å². The first kappa shape index (κ1) is 38.6. The predicted octanol–water partition coefficient (Wildman–Crippen LogP) is -1.51. The molecule has 0 aliphatic carbocycles. The number of rotatable bonds is 12. The van der Waals surface area contributed by atoms with Gasteiger partial charge in [0.05, 0.1) is 0 Å². The van der Waals surface area contributed by atoms with Crippen molar-refractivity contribution in [1.29, 1.82) is 0 Å². The van der Waals surface area contributed by atoms with Gasteiger partial charge >= 0.3 is 34.7 Å². The second-order valence-electron chi connectivity index (χ2n) is 4.23. The van der Waals surface area contributed by atoms with E-state index in [1.165, 1.54) is 0 Å². The van der Waals surface area contributed by atoms with Gasteiger partial charge in [0.1, 0.15) is 0 Å². The predicted molar refractivity (Wildman–Crippen MR) is 94.8 cm³/mol. The maximum absolute atomic E-state index is 9.69. The van der Waals surface area contributed by atoms with Crippen LogP contribution in [0.25, 0.3) is 0 Å². The molecule has 0 aromatic heterocycles. The van der Waals surface area contributed by atoms with E-state index in [1.54, 1.807) is 0 Å². The van der Waals surface area contributed by atoms with Crippen LogP contribution in [0.5, 0.6) is 0 Å². The minimum Gasteiger partial charge on any atom is -0.820 e. The van der Waals surface area contributed by atoms with Crippen LogP contribution in [0.1, 0.15) is 59.3 Å². The molecule has 0 bridgehead atoms. The van der Waals surface area contributed by atoms with Gasteiger partial charge in [-0.15, -0.1) is 0 Å². The molecule has 0 saturated heterocycles. The van der Waals surface area contributed by atoms with Gasteiger partial charge in [-0.1, -0.05) is 40.0 Å². The monoisotopic (exact) mass is 462 g/mol. The third kappa shape index (κ3) is 56.2. The summed E-state index contributed by atoms with van der Waals surface area (Å²) in [5.74, 6) is 0. The fourth-order valence-electron chi connectivity index (χ4n) is 0.850. The molecular formula is C12H27Al2O9P3. The summed E-state index contributed by atoms with van der Waals surface area (Å²) in [7, 11) is -7.84. The van der Waals surface area contributed by atoms with Gasteiger partial charge in [-0.3, -0.25) is 0 Å². The van der Waals surface area contributed by atoms with E-state index in [9.17, 15) is 29.4 Å². The summed E-state index contributed by atoms with van der Waals surface area (Å²) in [5.41, 5.74) is 0. The van der Waals surface area contributed by atoms with E-state index in [4.69, 9.17) is 0 Å². The maximum Gasteiger partial charge on any atom is 3.00 e. The Hall–Kier alpha value is 1.99. The molecule has 0 N–H and O–H groups in total. The molecule has 26 heavy (non-hydrogen) atoms. The molecule has 0 atom stereocenters. The third-order valence-electron chi connectivity index (χ3n) is 2.08. The second kappa shape index (κ2) is 34.5. The first-order valence-corrected chi connectivity index (χ1v) is 10.9. The van der Waals surface area contributed by atoms with Crippen molar-refractivity contribution in [2.24, 2.45) is 0 Å². The Morgan fingerprint density at radius 3 is 0.808 bits per heavy atom. The molecule has 0 rings (SSSR count). The van der Waals surface area contributed by atoms with Crippen molar-refractivity contribution in [2.45, 2.75) is 59.3 Å². The normalized spacial score (nSPS) is 9.69. The van der Waals surface area contributed by atoms with E-state index in [1.807, 2.05) is 20.8 Å². The molecule has 9 nitrogen and oxygen atoms in total. The van der Waals surface area contributed by atoms with Gasteiger partial charge in [0.25, 0.3) is 0 Å². The number of hydrogen-bond acceptors (Lipinski definition) is 9. The molecule has 0 unspecified atom stereocenters. The Morgan fingerprint density at radius 1 is 0.500 bits per heavy atom. The summed E-state index contributed by atoms with van der Waals surface area (Å²) < 4.78 is 12.7. The van der Waals surface area contributed by atoms with Crippen molar-refractivity contribution in [1.82, 2.24) is 0 Å². The fraction of sp³-hybridized carbons (Fsp3) is 1.00. The van der Waals surface area contributed by atoms with Crippen LogP contribution >= 0.6 is 25.8 Å². The summed E-state index contributed by atoms with van der Waals surface area (Å²) in [4.78, 5) is 58.1. The molecule has 0 saturated carbocycles. The Kier molecular flexibility index (Phi) is 51.2. The molecule has 14 heteroatoms. The third-order valence-corrected chi connectivity index (χ3v) is 3.26. The van der Waals surface area contributed by atoms with E-state index in [-0.39, 0.29) is 34.7 Å². The van der Waals surface area contributed by atoms with Crippen molar-refractivity contribution in [3.63, 3.8) is 0 Å². The van der Waals surface area contributed by atoms with Gasteiger partial charge in [-0.25, -0.2) is 0 Å². The summed E-state index contributed by atoms with van der Waals surface area (Å²) >= 11 is 0. The second-order valence-corrected chi connectivity index (χ2v) is 6.35. The van der Waals surface area contributed by atoms with Gasteiger partial charge in [-0.2, -0.15) is 25.8 Å². The molecule has 0 fully saturated rings. The molecule has 0 amide bonds. The van der Waals surface area contributed by atoms with E-state index < -0.39 is 25.8 Å². The zero-order valence-corrected chi connectivity index (χ0v) is 20.5. The van der Waals surface area contributed by atoms with Crippen LogP contribution in [0, 0.1) is 0 Å². The maximum atomic E-state index is 9.69. The van der Waals surface area contributed by atoms with E-state index in [0.29, 0.717) is 19.8 Å². The van der Waals surface area contributed by atoms with E-state index >= 15 is 0 Å². The van der Waals surface area contributed by atoms with Crippen molar-refractivity contribution >= 4 is 60.5 Å². The molecule has 0 radical (unpaired) electrons. The fourth-order valence-corrected chi connectivity index (χ4v) is 1.68. The standard InChI is InChI=1S/3C4H9O3P.2Al/c3*1-2-3-4-7-8(5)6;;/h3*2-4H2,1H3;;/q3*-2;2*+3. The number of hydrogen-bond donors (Lipinski definition) is 0. The van der Waals surface area contributed by atoms with Crippen LogP contribution in [0.3, 0.4) is 0 Å². The summed E-state index contributed by atoms with van der Waals surface area (Å²) in [5, 5.41) is 0. The number of unbranched alkanes of at least 4 members (excludes halogenated alkanes) is 3. The Bertz CT molecular complexity index is 189. The van der Waals surface area contributed by atoms with Crippen LogP contribution < -0.4 is 29.4 Å². The smallest absolute Gasteiger partial charge is 0.820 e. The Morgan fingerprint density at radius 2 is 0.692 bits per heavy atom. The molecular weight excluding hydrogens is 435 g/mol. The van der Waals surface area contributed by atoms with Crippen LogP contribution in [-0.2, 0) is 13.6 Å². The first-order chi connectivity index (χ1) is 11.3. The van der Waals surface area contributed by atoms with Crippen LogP contribution in [-0.4, -0.2) is 54.5 Å². The van der Waals surface area contributed by atoms with Gasteiger partial charge in [-0.05, 0) is 19.3 Å². The minimum atomic E-state index is -2.61. The zero-order valence-electron chi connectivity index (χ0n) is 15.5. The van der Waals surface area contributed by atoms with Gasteiger partial charge in [0.15, 0.2) is 0 Å². The Labute approximate surface area is 182 Å². The van der Waals surface area contributed by atoms with Crippen molar-refractivity contribution in [3.8, 4) is 0 Å². The first-order valence-electron chi connectivity index (χ1n) is 7.63. The van der Waals surface area contributed by atoms with Crippen molar-refractivity contribution in [3.05, 3.63) is 0 Å². The average Bonchev–Trinajstić information content (AvgIpc) is 2.48. The van der Waals surface area contributed by atoms with Gasteiger partial charge in [0.2, 0.25) is 0 Å². The minimum absolute atomic E-state index is 0. The quantitative estimate of drug-likeness (QED) is 0.190. The molecule has 0 aliphatic rings. The largest absolute Gasteiger partial charge is 3.00 e. The molecule has 0 aromatic rings. The molecule has 0 spiro atoms. The average molecular weight is 462 g/mol.